The van der Waals surface area contributed by atoms with Crippen molar-refractivity contribution in [3.8, 4) is 5.75 Å². The molecule has 1 aromatic rings. The van der Waals surface area contributed by atoms with E-state index in [2.05, 4.69) is 15.4 Å². The molecule has 1 unspecified atom stereocenters. The van der Waals surface area contributed by atoms with Crippen LogP contribution in [0.1, 0.15) is 12.0 Å². The van der Waals surface area contributed by atoms with Crippen LogP contribution in [0.5, 0.6) is 5.75 Å². The van der Waals surface area contributed by atoms with Crippen molar-refractivity contribution < 1.29 is 18.3 Å². The van der Waals surface area contributed by atoms with Crippen molar-refractivity contribution in [2.24, 2.45) is 5.92 Å². The van der Waals surface area contributed by atoms with Crippen LogP contribution in [0.25, 0.3) is 0 Å². The van der Waals surface area contributed by atoms with Crippen molar-refractivity contribution >= 4 is 17.5 Å². The van der Waals surface area contributed by atoms with Gasteiger partial charge in [-0.1, -0.05) is 11.6 Å². The van der Waals surface area contributed by atoms with Gasteiger partial charge in [0.15, 0.2) is 0 Å². The molecule has 4 nitrogen and oxygen atoms in total. The molecular formula is C13H15ClF2N2O2. The van der Waals surface area contributed by atoms with E-state index in [1.165, 1.54) is 18.2 Å². The van der Waals surface area contributed by atoms with Gasteiger partial charge >= 0.3 is 6.61 Å². The molecule has 1 aliphatic heterocycles. The van der Waals surface area contributed by atoms with Crippen molar-refractivity contribution in [3.63, 3.8) is 0 Å². The quantitative estimate of drug-likeness (QED) is 0.876. The minimum atomic E-state index is -2.91. The molecule has 0 spiro atoms. The number of benzene rings is 1. The normalized spacial score (nSPS) is 18.3. The third kappa shape index (κ3) is 4.05. The lowest BCUT2D eigenvalue weighted by Crippen LogP contribution is -2.31. The molecule has 0 radical (unpaired) electrons. The molecule has 1 heterocycles. The van der Waals surface area contributed by atoms with Crippen LogP contribution in [-0.4, -0.2) is 25.6 Å². The van der Waals surface area contributed by atoms with Gasteiger partial charge < -0.3 is 15.4 Å². The molecule has 110 valence electrons. The molecule has 0 aliphatic carbocycles. The Labute approximate surface area is 120 Å². The lowest BCUT2D eigenvalue weighted by atomic mass is 10.1. The van der Waals surface area contributed by atoms with Crippen molar-refractivity contribution in [1.82, 2.24) is 10.6 Å². The fourth-order valence-electron chi connectivity index (χ4n) is 2.10. The molecule has 1 amide bonds. The monoisotopic (exact) mass is 304 g/mol. The summed E-state index contributed by atoms with van der Waals surface area (Å²) in [5, 5.41) is 6.21. The average Bonchev–Trinajstić information content (AvgIpc) is 2.92. The Morgan fingerprint density at radius 2 is 2.35 bits per heavy atom. The zero-order valence-electron chi connectivity index (χ0n) is 10.7. The standard InChI is InChI=1S/C13H15ClF2N2O2/c14-10-1-2-11(20-13(15)16)9(5-10)7-18-12(19)8-3-4-17-6-8/h1-2,5,8,13,17H,3-4,6-7H2,(H,18,19). The Morgan fingerprint density at radius 3 is 3.00 bits per heavy atom. The number of hydrogen-bond acceptors (Lipinski definition) is 3. The van der Waals surface area contributed by atoms with Crippen LogP contribution >= 0.6 is 11.6 Å². The van der Waals surface area contributed by atoms with E-state index in [1.54, 1.807) is 0 Å². The van der Waals surface area contributed by atoms with Crippen LogP contribution in [0.2, 0.25) is 5.02 Å². The number of rotatable bonds is 5. The minimum Gasteiger partial charge on any atom is -0.434 e. The van der Waals surface area contributed by atoms with Crippen LogP contribution in [0.3, 0.4) is 0 Å². The third-order valence-electron chi connectivity index (χ3n) is 3.12. The number of nitrogens with one attached hydrogen (secondary N) is 2. The molecular weight excluding hydrogens is 290 g/mol. The molecule has 0 aromatic heterocycles. The fourth-order valence-corrected chi connectivity index (χ4v) is 2.30. The number of hydrogen-bond donors (Lipinski definition) is 2. The van der Waals surface area contributed by atoms with Gasteiger partial charge in [-0.05, 0) is 31.2 Å². The minimum absolute atomic E-state index is 0.0225. The van der Waals surface area contributed by atoms with Gasteiger partial charge in [-0.15, -0.1) is 0 Å². The predicted molar refractivity (Wildman–Crippen MR) is 70.9 cm³/mol. The van der Waals surface area contributed by atoms with Crippen LogP contribution in [0.4, 0.5) is 8.78 Å². The fraction of sp³-hybridized carbons (Fsp3) is 0.462. The van der Waals surface area contributed by atoms with E-state index in [-0.39, 0.29) is 24.1 Å². The molecule has 1 atom stereocenters. The zero-order chi connectivity index (χ0) is 14.5. The van der Waals surface area contributed by atoms with Crippen LogP contribution in [-0.2, 0) is 11.3 Å². The highest BCUT2D eigenvalue weighted by molar-refractivity contribution is 6.30. The predicted octanol–water partition coefficient (Wildman–Crippen LogP) is 2.17. The molecule has 1 aromatic carbocycles. The Balaban J connectivity index is 2.00. The maximum atomic E-state index is 12.3. The first kappa shape index (κ1) is 15.0. The molecule has 2 N–H and O–H groups in total. The average molecular weight is 305 g/mol. The van der Waals surface area contributed by atoms with Gasteiger partial charge in [0, 0.05) is 23.7 Å². The van der Waals surface area contributed by atoms with Crippen molar-refractivity contribution in [3.05, 3.63) is 28.8 Å². The Hall–Kier alpha value is -1.40. The highest BCUT2D eigenvalue weighted by Crippen LogP contribution is 2.24. The van der Waals surface area contributed by atoms with Gasteiger partial charge in [-0.2, -0.15) is 8.78 Å². The van der Waals surface area contributed by atoms with E-state index in [0.29, 0.717) is 17.1 Å². The van der Waals surface area contributed by atoms with Gasteiger partial charge in [-0.3, -0.25) is 4.79 Å². The molecule has 1 saturated heterocycles. The van der Waals surface area contributed by atoms with E-state index < -0.39 is 6.61 Å². The van der Waals surface area contributed by atoms with Crippen LogP contribution in [0.15, 0.2) is 18.2 Å². The van der Waals surface area contributed by atoms with Crippen LogP contribution in [0, 0.1) is 5.92 Å². The second kappa shape index (κ2) is 6.85. The zero-order valence-corrected chi connectivity index (χ0v) is 11.4. The van der Waals surface area contributed by atoms with Gasteiger partial charge in [-0.25, -0.2) is 0 Å². The lowest BCUT2D eigenvalue weighted by molar-refractivity contribution is -0.124. The summed E-state index contributed by atoms with van der Waals surface area (Å²) in [6.45, 7) is -1.35. The smallest absolute Gasteiger partial charge is 0.387 e. The topological polar surface area (TPSA) is 50.4 Å². The second-order valence-corrected chi connectivity index (χ2v) is 4.97. The molecule has 7 heteroatoms. The Bertz CT molecular complexity index is 479. The molecule has 0 saturated carbocycles. The summed E-state index contributed by atoms with van der Waals surface area (Å²) < 4.78 is 29.0. The highest BCUT2D eigenvalue weighted by atomic mass is 35.5. The maximum Gasteiger partial charge on any atom is 0.387 e. The van der Waals surface area contributed by atoms with E-state index >= 15 is 0 Å². The van der Waals surface area contributed by atoms with Crippen molar-refractivity contribution in [2.75, 3.05) is 13.1 Å². The van der Waals surface area contributed by atoms with E-state index in [0.717, 1.165) is 13.0 Å². The van der Waals surface area contributed by atoms with Crippen molar-refractivity contribution in [1.29, 1.82) is 0 Å². The number of ether oxygens (including phenoxy) is 1. The largest absolute Gasteiger partial charge is 0.434 e. The second-order valence-electron chi connectivity index (χ2n) is 4.54. The van der Waals surface area contributed by atoms with Crippen molar-refractivity contribution in [2.45, 2.75) is 19.6 Å². The number of halogens is 3. The maximum absolute atomic E-state index is 12.3. The number of amides is 1. The summed E-state index contributed by atoms with van der Waals surface area (Å²) in [5.74, 6) is -0.152. The molecule has 20 heavy (non-hydrogen) atoms. The number of carbonyl (C=O) groups excluding carboxylic acids is 1. The SMILES string of the molecule is O=C(NCc1cc(Cl)ccc1OC(F)F)C1CCNC1. The molecule has 2 rings (SSSR count). The molecule has 1 aliphatic rings. The highest BCUT2D eigenvalue weighted by Gasteiger charge is 2.22. The summed E-state index contributed by atoms with van der Waals surface area (Å²) in [6.07, 6.45) is 0.780. The first-order valence-electron chi connectivity index (χ1n) is 6.28. The van der Waals surface area contributed by atoms with Gasteiger partial charge in [0.25, 0.3) is 0 Å². The first-order chi connectivity index (χ1) is 9.56. The third-order valence-corrected chi connectivity index (χ3v) is 3.36. The van der Waals surface area contributed by atoms with Gasteiger partial charge in [0.05, 0.1) is 5.92 Å². The van der Waals surface area contributed by atoms with E-state index in [1.807, 2.05) is 0 Å². The summed E-state index contributed by atoms with van der Waals surface area (Å²) in [6, 6.07) is 4.34. The van der Waals surface area contributed by atoms with Crippen LogP contribution < -0.4 is 15.4 Å². The number of alkyl halides is 2. The number of carbonyl (C=O) groups is 1. The first-order valence-corrected chi connectivity index (χ1v) is 6.65. The molecule has 0 bridgehead atoms. The Kier molecular flexibility index (Phi) is 5.14. The van der Waals surface area contributed by atoms with Gasteiger partial charge in [0.1, 0.15) is 5.75 Å². The summed E-state index contributed by atoms with van der Waals surface area (Å²) >= 11 is 5.83. The lowest BCUT2D eigenvalue weighted by Gasteiger charge is -2.13. The van der Waals surface area contributed by atoms with E-state index in [9.17, 15) is 13.6 Å². The summed E-state index contributed by atoms with van der Waals surface area (Å²) in [5.41, 5.74) is 0.428. The van der Waals surface area contributed by atoms with E-state index in [4.69, 9.17) is 11.6 Å². The Morgan fingerprint density at radius 1 is 1.55 bits per heavy atom. The molecule has 1 fully saturated rings. The van der Waals surface area contributed by atoms with Gasteiger partial charge in [0.2, 0.25) is 5.91 Å². The summed E-state index contributed by atoms with van der Waals surface area (Å²) in [7, 11) is 0. The summed E-state index contributed by atoms with van der Waals surface area (Å²) in [4.78, 5) is 11.9.